The van der Waals surface area contributed by atoms with Crippen LogP contribution in [0.15, 0.2) is 41.2 Å². The molecule has 0 spiro atoms. The standard InChI is InChI=1S/C17H23N3O.ClH/c1-4-19(5-2)11-12-20-17(21)14(3)13-16(18-20)15-9-7-6-8-10-15;/h6-10,13H,4-5,11-12H2,1-3H3;1H. The van der Waals surface area contributed by atoms with Crippen LogP contribution in [-0.2, 0) is 6.54 Å². The molecule has 0 saturated carbocycles. The molecular formula is C17H24ClN3O. The van der Waals surface area contributed by atoms with Gasteiger partial charge >= 0.3 is 0 Å². The smallest absolute Gasteiger partial charge is 0.269 e. The molecule has 0 aliphatic carbocycles. The van der Waals surface area contributed by atoms with Crippen LogP contribution < -0.4 is 5.56 Å². The van der Waals surface area contributed by atoms with E-state index >= 15 is 0 Å². The van der Waals surface area contributed by atoms with Gasteiger partial charge in [0.2, 0.25) is 0 Å². The fourth-order valence-electron chi connectivity index (χ4n) is 2.35. The molecule has 0 amide bonds. The number of rotatable bonds is 6. The minimum absolute atomic E-state index is 0. The molecule has 5 heteroatoms. The molecular weight excluding hydrogens is 298 g/mol. The van der Waals surface area contributed by atoms with Crippen LogP contribution in [0.1, 0.15) is 19.4 Å². The highest BCUT2D eigenvalue weighted by atomic mass is 35.5. The van der Waals surface area contributed by atoms with Gasteiger partial charge in [-0.3, -0.25) is 4.79 Å². The average molecular weight is 322 g/mol. The molecule has 0 atom stereocenters. The predicted octanol–water partition coefficient (Wildman–Crippen LogP) is 2.98. The topological polar surface area (TPSA) is 38.1 Å². The van der Waals surface area contributed by atoms with E-state index in [4.69, 9.17) is 0 Å². The minimum Gasteiger partial charge on any atom is -0.302 e. The van der Waals surface area contributed by atoms with E-state index in [0.29, 0.717) is 6.54 Å². The van der Waals surface area contributed by atoms with Crippen molar-refractivity contribution < 1.29 is 0 Å². The maximum Gasteiger partial charge on any atom is 0.269 e. The Morgan fingerprint density at radius 1 is 1.14 bits per heavy atom. The first kappa shape index (κ1) is 18.4. The lowest BCUT2D eigenvalue weighted by atomic mass is 10.1. The van der Waals surface area contributed by atoms with Gasteiger partial charge in [-0.15, -0.1) is 12.4 Å². The lowest BCUT2D eigenvalue weighted by Gasteiger charge is -2.18. The van der Waals surface area contributed by atoms with E-state index in [1.165, 1.54) is 0 Å². The summed E-state index contributed by atoms with van der Waals surface area (Å²) in [6.45, 7) is 9.56. The summed E-state index contributed by atoms with van der Waals surface area (Å²) in [7, 11) is 0. The number of aryl methyl sites for hydroxylation is 1. The molecule has 1 aromatic carbocycles. The molecule has 2 aromatic rings. The highest BCUT2D eigenvalue weighted by Gasteiger charge is 2.08. The first-order chi connectivity index (χ1) is 10.2. The van der Waals surface area contributed by atoms with Crippen LogP contribution in [0.25, 0.3) is 11.3 Å². The lowest BCUT2D eigenvalue weighted by Crippen LogP contribution is -2.33. The first-order valence-electron chi connectivity index (χ1n) is 7.52. The second-order valence-electron chi connectivity index (χ2n) is 5.13. The van der Waals surface area contributed by atoms with Crippen molar-refractivity contribution in [3.05, 3.63) is 52.3 Å². The van der Waals surface area contributed by atoms with Crippen LogP contribution >= 0.6 is 12.4 Å². The quantitative estimate of drug-likeness (QED) is 0.821. The van der Waals surface area contributed by atoms with Crippen molar-refractivity contribution in [2.45, 2.75) is 27.3 Å². The monoisotopic (exact) mass is 321 g/mol. The minimum atomic E-state index is 0. The molecule has 0 saturated heterocycles. The van der Waals surface area contributed by atoms with Crippen LogP contribution in [-0.4, -0.2) is 34.3 Å². The maximum atomic E-state index is 12.2. The Bertz CT molecular complexity index is 636. The van der Waals surface area contributed by atoms with E-state index in [2.05, 4.69) is 23.8 Å². The molecule has 0 N–H and O–H groups in total. The number of halogens is 1. The fraction of sp³-hybridized carbons (Fsp3) is 0.412. The van der Waals surface area contributed by atoms with Crippen LogP contribution in [0.3, 0.4) is 0 Å². The third-order valence-corrected chi connectivity index (χ3v) is 3.75. The van der Waals surface area contributed by atoms with E-state index in [9.17, 15) is 4.79 Å². The van der Waals surface area contributed by atoms with Crippen LogP contribution in [0.2, 0.25) is 0 Å². The van der Waals surface area contributed by atoms with Gasteiger partial charge in [-0.2, -0.15) is 5.10 Å². The van der Waals surface area contributed by atoms with Gasteiger partial charge in [-0.1, -0.05) is 44.2 Å². The van der Waals surface area contributed by atoms with Crippen molar-refractivity contribution in [3.63, 3.8) is 0 Å². The van der Waals surface area contributed by atoms with Crippen molar-refractivity contribution in [2.24, 2.45) is 0 Å². The number of hydrogen-bond acceptors (Lipinski definition) is 3. The van der Waals surface area contributed by atoms with E-state index < -0.39 is 0 Å². The molecule has 120 valence electrons. The van der Waals surface area contributed by atoms with Crippen molar-refractivity contribution >= 4 is 12.4 Å². The molecule has 2 rings (SSSR count). The maximum absolute atomic E-state index is 12.2. The Balaban J connectivity index is 0.00000242. The van der Waals surface area contributed by atoms with E-state index in [-0.39, 0.29) is 18.0 Å². The van der Waals surface area contributed by atoms with E-state index in [1.807, 2.05) is 43.3 Å². The third kappa shape index (κ3) is 4.42. The lowest BCUT2D eigenvalue weighted by molar-refractivity contribution is 0.282. The summed E-state index contributed by atoms with van der Waals surface area (Å²) < 4.78 is 1.59. The number of nitrogens with zero attached hydrogens (tertiary/aromatic N) is 3. The summed E-state index contributed by atoms with van der Waals surface area (Å²) in [6.07, 6.45) is 0. The summed E-state index contributed by atoms with van der Waals surface area (Å²) in [5.74, 6) is 0. The predicted molar refractivity (Wildman–Crippen MR) is 93.7 cm³/mol. The molecule has 0 fully saturated rings. The molecule has 22 heavy (non-hydrogen) atoms. The summed E-state index contributed by atoms with van der Waals surface area (Å²) in [5.41, 5.74) is 2.63. The summed E-state index contributed by atoms with van der Waals surface area (Å²) in [4.78, 5) is 14.5. The molecule has 0 radical (unpaired) electrons. The number of aromatic nitrogens is 2. The van der Waals surface area contributed by atoms with Gasteiger partial charge in [-0.25, -0.2) is 4.68 Å². The van der Waals surface area contributed by atoms with Crippen LogP contribution in [0.5, 0.6) is 0 Å². The molecule has 1 aromatic heterocycles. The van der Waals surface area contributed by atoms with E-state index in [0.717, 1.165) is 36.5 Å². The molecule has 0 bridgehead atoms. The normalized spacial score (nSPS) is 10.5. The van der Waals surface area contributed by atoms with Gasteiger partial charge in [0.25, 0.3) is 5.56 Å². The Kier molecular flexibility index (Phi) is 7.28. The zero-order valence-electron chi connectivity index (χ0n) is 13.5. The van der Waals surface area contributed by atoms with E-state index in [1.54, 1.807) is 4.68 Å². The van der Waals surface area contributed by atoms with Gasteiger partial charge in [-0.05, 0) is 26.1 Å². The second-order valence-corrected chi connectivity index (χ2v) is 5.13. The number of likely N-dealkylation sites (N-methyl/N-ethyl adjacent to an activating group) is 1. The summed E-state index contributed by atoms with van der Waals surface area (Å²) in [6, 6.07) is 11.8. The van der Waals surface area contributed by atoms with Crippen molar-refractivity contribution in [1.82, 2.24) is 14.7 Å². The highest BCUT2D eigenvalue weighted by Crippen LogP contribution is 2.15. The Morgan fingerprint density at radius 2 is 1.77 bits per heavy atom. The Labute approximate surface area is 138 Å². The average Bonchev–Trinajstić information content (AvgIpc) is 2.52. The first-order valence-corrected chi connectivity index (χ1v) is 7.52. The van der Waals surface area contributed by atoms with Gasteiger partial charge in [0.05, 0.1) is 12.2 Å². The highest BCUT2D eigenvalue weighted by molar-refractivity contribution is 5.85. The zero-order chi connectivity index (χ0) is 15.2. The molecule has 1 heterocycles. The number of benzene rings is 1. The molecule has 0 unspecified atom stereocenters. The van der Waals surface area contributed by atoms with Crippen LogP contribution in [0.4, 0.5) is 0 Å². The van der Waals surface area contributed by atoms with Crippen molar-refractivity contribution in [2.75, 3.05) is 19.6 Å². The largest absolute Gasteiger partial charge is 0.302 e. The van der Waals surface area contributed by atoms with Gasteiger partial charge in [0, 0.05) is 17.7 Å². The molecule has 0 aliphatic heterocycles. The number of hydrogen-bond donors (Lipinski definition) is 0. The van der Waals surface area contributed by atoms with Gasteiger partial charge in [0.15, 0.2) is 0 Å². The van der Waals surface area contributed by atoms with Crippen LogP contribution in [0, 0.1) is 6.92 Å². The SMILES string of the molecule is CCN(CC)CCn1nc(-c2ccccc2)cc(C)c1=O.Cl. The molecule has 0 aliphatic rings. The Morgan fingerprint density at radius 3 is 2.36 bits per heavy atom. The van der Waals surface area contributed by atoms with Crippen molar-refractivity contribution in [3.8, 4) is 11.3 Å². The van der Waals surface area contributed by atoms with Gasteiger partial charge < -0.3 is 4.90 Å². The summed E-state index contributed by atoms with van der Waals surface area (Å²) in [5, 5.41) is 4.52. The Hall–Kier alpha value is -1.65. The van der Waals surface area contributed by atoms with Crippen molar-refractivity contribution in [1.29, 1.82) is 0 Å². The zero-order valence-corrected chi connectivity index (χ0v) is 14.3. The molecule has 4 nitrogen and oxygen atoms in total. The summed E-state index contributed by atoms with van der Waals surface area (Å²) >= 11 is 0. The third-order valence-electron chi connectivity index (χ3n) is 3.75. The van der Waals surface area contributed by atoms with Gasteiger partial charge in [0.1, 0.15) is 0 Å². The second kappa shape index (κ2) is 8.71. The fourth-order valence-corrected chi connectivity index (χ4v) is 2.35.